The molecule has 0 atom stereocenters. The number of alkyl halides is 3. The van der Waals surface area contributed by atoms with Crippen molar-refractivity contribution in [2.24, 2.45) is 10.9 Å². The quantitative estimate of drug-likeness (QED) is 0.405. The Morgan fingerprint density at radius 2 is 2.00 bits per heavy atom. The number of hydrogen-bond acceptors (Lipinski definition) is 4. The van der Waals surface area contributed by atoms with E-state index in [4.69, 9.17) is 0 Å². The lowest BCUT2D eigenvalue weighted by Gasteiger charge is -2.13. The minimum Gasteiger partial charge on any atom is -0.357 e. The van der Waals surface area contributed by atoms with Crippen LogP contribution in [0.4, 0.5) is 19.1 Å². The number of rotatable bonds is 7. The monoisotopic (exact) mass is 332 g/mol. The average molecular weight is 332 g/mol. The van der Waals surface area contributed by atoms with Crippen LogP contribution < -0.4 is 16.0 Å². The number of halogens is 3. The molecule has 0 bridgehead atoms. The van der Waals surface area contributed by atoms with Crippen molar-refractivity contribution in [2.45, 2.75) is 26.9 Å². The molecule has 0 aliphatic carbocycles. The third-order valence-electron chi connectivity index (χ3n) is 2.61. The first-order valence-corrected chi connectivity index (χ1v) is 7.49. The van der Waals surface area contributed by atoms with Gasteiger partial charge in [0.05, 0.1) is 0 Å². The van der Waals surface area contributed by atoms with Crippen molar-refractivity contribution in [1.82, 2.24) is 20.6 Å². The van der Waals surface area contributed by atoms with Gasteiger partial charge in [-0.1, -0.05) is 13.8 Å². The van der Waals surface area contributed by atoms with Gasteiger partial charge in [0.15, 0.2) is 5.96 Å². The smallest absolute Gasteiger partial charge is 0.357 e. The molecule has 1 heterocycles. The third kappa shape index (κ3) is 7.66. The number of aromatic nitrogens is 2. The second-order valence-corrected chi connectivity index (χ2v) is 5.23. The van der Waals surface area contributed by atoms with Crippen LogP contribution in [0.5, 0.6) is 0 Å². The molecule has 0 aliphatic heterocycles. The van der Waals surface area contributed by atoms with Crippen LogP contribution in [0.25, 0.3) is 0 Å². The molecule has 23 heavy (non-hydrogen) atoms. The molecule has 130 valence electrons. The van der Waals surface area contributed by atoms with Crippen LogP contribution in [0.2, 0.25) is 0 Å². The first-order valence-electron chi connectivity index (χ1n) is 7.49. The van der Waals surface area contributed by atoms with Crippen LogP contribution in [0.15, 0.2) is 17.3 Å². The normalized spacial score (nSPS) is 12.4. The summed E-state index contributed by atoms with van der Waals surface area (Å²) in [6.07, 6.45) is -3.39. The molecule has 6 nitrogen and oxygen atoms in total. The van der Waals surface area contributed by atoms with Gasteiger partial charge in [-0.2, -0.15) is 13.2 Å². The molecular weight excluding hydrogens is 309 g/mol. The van der Waals surface area contributed by atoms with Crippen molar-refractivity contribution in [3.63, 3.8) is 0 Å². The molecule has 0 amide bonds. The van der Waals surface area contributed by atoms with E-state index < -0.39 is 11.9 Å². The molecule has 0 saturated carbocycles. The fraction of sp³-hybridized carbons (Fsp3) is 0.643. The number of guanidine groups is 1. The minimum atomic E-state index is -4.47. The second-order valence-electron chi connectivity index (χ2n) is 5.23. The summed E-state index contributed by atoms with van der Waals surface area (Å²) >= 11 is 0. The summed E-state index contributed by atoms with van der Waals surface area (Å²) in [5.41, 5.74) is -0.963. The molecule has 0 fully saturated rings. The predicted molar refractivity (Wildman–Crippen MR) is 84.3 cm³/mol. The van der Waals surface area contributed by atoms with E-state index >= 15 is 0 Å². The van der Waals surface area contributed by atoms with E-state index in [1.165, 1.54) is 0 Å². The van der Waals surface area contributed by atoms with Crippen molar-refractivity contribution in [3.8, 4) is 0 Å². The maximum atomic E-state index is 12.5. The molecule has 0 saturated heterocycles. The van der Waals surface area contributed by atoms with Gasteiger partial charge >= 0.3 is 6.18 Å². The molecule has 0 unspecified atom stereocenters. The average Bonchev–Trinajstić information content (AvgIpc) is 2.48. The van der Waals surface area contributed by atoms with Crippen LogP contribution in [0.3, 0.4) is 0 Å². The van der Waals surface area contributed by atoms with Gasteiger partial charge in [0.1, 0.15) is 5.69 Å². The number of nitrogens with zero attached hydrogens (tertiary/aromatic N) is 3. The van der Waals surface area contributed by atoms with E-state index in [1.54, 1.807) is 0 Å². The summed E-state index contributed by atoms with van der Waals surface area (Å²) in [6, 6.07) is 0.839. The topological polar surface area (TPSA) is 74.2 Å². The molecule has 1 aromatic rings. The lowest BCUT2D eigenvalue weighted by atomic mass is 10.2. The molecule has 0 aliphatic rings. The molecule has 9 heteroatoms. The van der Waals surface area contributed by atoms with E-state index in [9.17, 15) is 13.2 Å². The zero-order valence-corrected chi connectivity index (χ0v) is 13.5. The zero-order valence-electron chi connectivity index (χ0n) is 13.5. The van der Waals surface area contributed by atoms with E-state index in [0.717, 1.165) is 18.8 Å². The van der Waals surface area contributed by atoms with Crippen molar-refractivity contribution in [3.05, 3.63) is 18.0 Å². The van der Waals surface area contributed by atoms with E-state index in [1.807, 2.05) is 6.92 Å². The summed E-state index contributed by atoms with van der Waals surface area (Å²) in [4.78, 5) is 11.6. The summed E-state index contributed by atoms with van der Waals surface area (Å²) in [5.74, 6) is 1.07. The Balaban J connectivity index is 2.45. The van der Waals surface area contributed by atoms with Crippen LogP contribution in [-0.2, 0) is 6.18 Å². The fourth-order valence-corrected chi connectivity index (χ4v) is 1.57. The van der Waals surface area contributed by atoms with Gasteiger partial charge in [-0.25, -0.2) is 9.97 Å². The van der Waals surface area contributed by atoms with E-state index in [0.29, 0.717) is 31.5 Å². The molecule has 1 aromatic heterocycles. The molecular formula is C14H23F3N6. The lowest BCUT2D eigenvalue weighted by Crippen LogP contribution is -2.39. The van der Waals surface area contributed by atoms with Crippen LogP contribution in [0.1, 0.15) is 26.5 Å². The highest BCUT2D eigenvalue weighted by molar-refractivity contribution is 5.79. The van der Waals surface area contributed by atoms with E-state index in [-0.39, 0.29) is 5.95 Å². The molecule has 0 radical (unpaired) electrons. The second kappa shape index (κ2) is 9.16. The minimum absolute atomic E-state index is 0.0502. The Hall–Kier alpha value is -2.06. The molecule has 0 aromatic carbocycles. The summed E-state index contributed by atoms with van der Waals surface area (Å²) < 4.78 is 37.6. The van der Waals surface area contributed by atoms with Gasteiger partial charge in [0.25, 0.3) is 0 Å². The Morgan fingerprint density at radius 3 is 2.61 bits per heavy atom. The highest BCUT2D eigenvalue weighted by Gasteiger charge is 2.32. The SMILES string of the molecule is CCNC(=NCC(C)C)NCCNc1nccc(C(F)(F)F)n1. The van der Waals surface area contributed by atoms with E-state index in [2.05, 4.69) is 44.8 Å². The van der Waals surface area contributed by atoms with Gasteiger partial charge in [-0.15, -0.1) is 0 Å². The standard InChI is InChI=1S/C14H23F3N6/c1-4-18-12(22-9-10(2)3)20-7-8-21-13-19-6-5-11(23-13)14(15,16)17/h5-6,10H,4,7-9H2,1-3H3,(H2,18,20,22)(H,19,21,23). The van der Waals surface area contributed by atoms with Gasteiger partial charge in [0.2, 0.25) is 5.95 Å². The highest BCUT2D eigenvalue weighted by Crippen LogP contribution is 2.27. The Labute approximate surface area is 134 Å². The Morgan fingerprint density at radius 1 is 1.26 bits per heavy atom. The summed E-state index contributed by atoms with van der Waals surface area (Å²) in [7, 11) is 0. The van der Waals surface area contributed by atoms with Crippen molar-refractivity contribution >= 4 is 11.9 Å². The maximum absolute atomic E-state index is 12.5. The third-order valence-corrected chi connectivity index (χ3v) is 2.61. The number of aliphatic imine (C=N–C) groups is 1. The summed E-state index contributed by atoms with van der Waals surface area (Å²) in [6.45, 7) is 8.37. The van der Waals surface area contributed by atoms with Gasteiger partial charge in [-0.3, -0.25) is 4.99 Å². The lowest BCUT2D eigenvalue weighted by molar-refractivity contribution is -0.141. The van der Waals surface area contributed by atoms with Crippen LogP contribution in [-0.4, -0.2) is 42.1 Å². The van der Waals surface area contributed by atoms with Gasteiger partial charge < -0.3 is 16.0 Å². The predicted octanol–water partition coefficient (Wildman–Crippen LogP) is 2.12. The molecule has 3 N–H and O–H groups in total. The van der Waals surface area contributed by atoms with Crippen LogP contribution in [0, 0.1) is 5.92 Å². The number of hydrogen-bond donors (Lipinski definition) is 3. The maximum Gasteiger partial charge on any atom is 0.433 e. The Kier molecular flexibility index (Phi) is 7.56. The first kappa shape index (κ1) is 19.0. The zero-order chi connectivity index (χ0) is 17.3. The molecule has 0 spiro atoms. The fourth-order valence-electron chi connectivity index (χ4n) is 1.57. The van der Waals surface area contributed by atoms with Gasteiger partial charge in [-0.05, 0) is 18.9 Å². The van der Waals surface area contributed by atoms with Crippen molar-refractivity contribution < 1.29 is 13.2 Å². The van der Waals surface area contributed by atoms with Crippen molar-refractivity contribution in [2.75, 3.05) is 31.5 Å². The highest BCUT2D eigenvalue weighted by atomic mass is 19.4. The number of nitrogens with one attached hydrogen (secondary N) is 3. The summed E-state index contributed by atoms with van der Waals surface area (Å²) in [5, 5.41) is 8.94. The number of anilines is 1. The largest absolute Gasteiger partial charge is 0.433 e. The molecule has 1 rings (SSSR count). The van der Waals surface area contributed by atoms with Crippen LogP contribution >= 0.6 is 0 Å². The Bertz CT molecular complexity index is 502. The van der Waals surface area contributed by atoms with Gasteiger partial charge in [0, 0.05) is 32.4 Å². The van der Waals surface area contributed by atoms with Crippen molar-refractivity contribution in [1.29, 1.82) is 0 Å². The first-order chi connectivity index (χ1) is 10.8.